The second kappa shape index (κ2) is 9.47. The number of rotatable bonds is 7. The maximum absolute atomic E-state index is 12.5. The van der Waals surface area contributed by atoms with Crippen LogP contribution >= 0.6 is 0 Å². The number of likely N-dealkylation sites (tertiary alicyclic amines) is 1. The summed E-state index contributed by atoms with van der Waals surface area (Å²) in [5, 5.41) is 16.7. The first-order chi connectivity index (χ1) is 16.8. The molecule has 186 valence electrons. The van der Waals surface area contributed by atoms with E-state index < -0.39 is 5.60 Å². The number of aliphatic hydroxyl groups is 1. The summed E-state index contributed by atoms with van der Waals surface area (Å²) in [6.07, 6.45) is 0. The Bertz CT molecular complexity index is 1150. The molecule has 2 aliphatic heterocycles. The van der Waals surface area contributed by atoms with Gasteiger partial charge in [-0.05, 0) is 41.8 Å². The van der Waals surface area contributed by atoms with Crippen molar-refractivity contribution in [3.63, 3.8) is 0 Å². The fourth-order valence-corrected chi connectivity index (χ4v) is 5.62. The summed E-state index contributed by atoms with van der Waals surface area (Å²) < 4.78 is 11.1. The molecule has 35 heavy (non-hydrogen) atoms. The van der Waals surface area contributed by atoms with Crippen molar-refractivity contribution >= 4 is 0 Å². The third kappa shape index (κ3) is 4.54. The quantitative estimate of drug-likeness (QED) is 0.555. The van der Waals surface area contributed by atoms with E-state index in [0.29, 0.717) is 24.2 Å². The van der Waals surface area contributed by atoms with Gasteiger partial charge in [-0.3, -0.25) is 4.90 Å². The Kier molecular flexibility index (Phi) is 6.53. The van der Waals surface area contributed by atoms with Gasteiger partial charge >= 0.3 is 0 Å². The lowest BCUT2D eigenvalue weighted by atomic mass is 9.62. The van der Waals surface area contributed by atoms with Crippen LogP contribution in [0.15, 0.2) is 53.1 Å². The lowest BCUT2D eigenvalue weighted by Crippen LogP contribution is -2.63. The molecule has 1 N–H and O–H groups in total. The van der Waals surface area contributed by atoms with E-state index in [2.05, 4.69) is 72.0 Å². The molecule has 5 rings (SSSR count). The SMILES string of the molecule is CC(C)c1ccc([C@](O)(c2cccc(-c3nc(CN4CCOCC4)no3)c2)C2(C)CN(C)C2)cc1. The van der Waals surface area contributed by atoms with E-state index in [1.54, 1.807) is 0 Å². The molecule has 0 radical (unpaired) electrons. The van der Waals surface area contributed by atoms with Gasteiger partial charge < -0.3 is 19.3 Å². The van der Waals surface area contributed by atoms with E-state index in [1.807, 2.05) is 24.3 Å². The number of benzene rings is 2. The molecule has 2 fully saturated rings. The molecule has 2 aliphatic rings. The van der Waals surface area contributed by atoms with Crippen molar-refractivity contribution in [3.8, 4) is 11.5 Å². The van der Waals surface area contributed by atoms with Crippen LogP contribution in [-0.4, -0.2) is 71.5 Å². The smallest absolute Gasteiger partial charge is 0.257 e. The maximum atomic E-state index is 12.5. The molecule has 2 saturated heterocycles. The van der Waals surface area contributed by atoms with Crippen LogP contribution in [0.1, 0.15) is 49.2 Å². The Balaban J connectivity index is 1.48. The third-order valence-corrected chi connectivity index (χ3v) is 7.57. The van der Waals surface area contributed by atoms with Crippen LogP contribution in [-0.2, 0) is 16.9 Å². The first kappa shape index (κ1) is 24.1. The Morgan fingerprint density at radius 3 is 2.43 bits per heavy atom. The molecule has 2 aromatic carbocycles. The fourth-order valence-electron chi connectivity index (χ4n) is 5.62. The number of nitrogens with zero attached hydrogens (tertiary/aromatic N) is 4. The van der Waals surface area contributed by atoms with E-state index in [1.165, 1.54) is 5.56 Å². The summed E-state index contributed by atoms with van der Waals surface area (Å²) in [5.41, 5.74) is 2.36. The Labute approximate surface area is 207 Å². The molecule has 0 unspecified atom stereocenters. The number of hydrogen-bond donors (Lipinski definition) is 1. The molecule has 1 aromatic heterocycles. The number of aromatic nitrogens is 2. The molecule has 1 atom stereocenters. The van der Waals surface area contributed by atoms with E-state index in [4.69, 9.17) is 9.26 Å². The van der Waals surface area contributed by atoms with Gasteiger partial charge in [0.1, 0.15) is 5.60 Å². The molecule has 3 aromatic rings. The van der Waals surface area contributed by atoms with Crippen LogP contribution < -0.4 is 0 Å². The number of morpholine rings is 1. The molecular formula is C28H36N4O3. The summed E-state index contributed by atoms with van der Waals surface area (Å²) in [7, 11) is 2.09. The molecule has 0 amide bonds. The Hall–Kier alpha value is -2.58. The van der Waals surface area contributed by atoms with Crippen molar-refractivity contribution in [1.82, 2.24) is 19.9 Å². The van der Waals surface area contributed by atoms with Gasteiger partial charge in [0.15, 0.2) is 5.82 Å². The minimum Gasteiger partial charge on any atom is -0.380 e. The highest BCUT2D eigenvalue weighted by Gasteiger charge is 2.55. The van der Waals surface area contributed by atoms with E-state index in [-0.39, 0.29) is 5.41 Å². The van der Waals surface area contributed by atoms with E-state index in [9.17, 15) is 5.11 Å². The highest BCUT2D eigenvalue weighted by molar-refractivity contribution is 5.56. The first-order valence-electron chi connectivity index (χ1n) is 12.5. The molecule has 0 bridgehead atoms. The Morgan fingerprint density at radius 2 is 1.77 bits per heavy atom. The zero-order valence-corrected chi connectivity index (χ0v) is 21.2. The third-order valence-electron chi connectivity index (χ3n) is 7.57. The van der Waals surface area contributed by atoms with Gasteiger partial charge in [-0.15, -0.1) is 0 Å². The molecular weight excluding hydrogens is 440 g/mol. The van der Waals surface area contributed by atoms with Crippen molar-refractivity contribution < 1.29 is 14.4 Å². The van der Waals surface area contributed by atoms with Crippen molar-refractivity contribution in [2.45, 2.75) is 38.8 Å². The summed E-state index contributed by atoms with van der Waals surface area (Å²) in [6, 6.07) is 16.4. The van der Waals surface area contributed by atoms with E-state index in [0.717, 1.165) is 56.1 Å². The average Bonchev–Trinajstić information content (AvgIpc) is 3.32. The zero-order chi connectivity index (χ0) is 24.6. The lowest BCUT2D eigenvalue weighted by molar-refractivity contribution is -0.127. The molecule has 7 heteroatoms. The predicted molar refractivity (Wildman–Crippen MR) is 135 cm³/mol. The second-order valence-corrected chi connectivity index (χ2v) is 10.7. The normalized spacial score (nSPS) is 20.5. The highest BCUT2D eigenvalue weighted by atomic mass is 16.5. The minimum absolute atomic E-state index is 0.323. The summed E-state index contributed by atoms with van der Waals surface area (Å²) in [4.78, 5) is 9.17. The predicted octanol–water partition coefficient (Wildman–Crippen LogP) is 3.88. The van der Waals surface area contributed by atoms with Gasteiger partial charge in [-0.2, -0.15) is 4.98 Å². The molecule has 0 spiro atoms. The van der Waals surface area contributed by atoms with Crippen LogP contribution in [0.5, 0.6) is 0 Å². The van der Waals surface area contributed by atoms with Gasteiger partial charge in [0, 0.05) is 37.2 Å². The van der Waals surface area contributed by atoms with Gasteiger partial charge in [-0.25, -0.2) is 0 Å². The summed E-state index contributed by atoms with van der Waals surface area (Å²) in [6.45, 7) is 12.0. The highest BCUT2D eigenvalue weighted by Crippen LogP contribution is 2.50. The first-order valence-corrected chi connectivity index (χ1v) is 12.5. The van der Waals surface area contributed by atoms with Crippen LogP contribution in [0.4, 0.5) is 0 Å². The lowest BCUT2D eigenvalue weighted by Gasteiger charge is -2.56. The number of hydrogen-bond acceptors (Lipinski definition) is 7. The van der Waals surface area contributed by atoms with Crippen LogP contribution in [0.2, 0.25) is 0 Å². The second-order valence-electron chi connectivity index (χ2n) is 10.7. The molecule has 0 aliphatic carbocycles. The summed E-state index contributed by atoms with van der Waals surface area (Å²) in [5.74, 6) is 1.58. The maximum Gasteiger partial charge on any atom is 0.257 e. The van der Waals surface area contributed by atoms with Crippen molar-refractivity contribution in [1.29, 1.82) is 0 Å². The standard InChI is InChI=1S/C28H36N4O3/c1-20(2)21-8-10-23(11-9-21)28(33,27(3)18-31(4)19-27)24-7-5-6-22(16-24)26-29-25(30-35-26)17-32-12-14-34-15-13-32/h5-11,16,20,33H,12-15,17-19H2,1-4H3/t28-/m0/s1. The zero-order valence-electron chi connectivity index (χ0n) is 21.2. The Morgan fingerprint density at radius 1 is 1.06 bits per heavy atom. The molecule has 3 heterocycles. The van der Waals surface area contributed by atoms with Crippen molar-refractivity contribution in [2.75, 3.05) is 46.4 Å². The average molecular weight is 477 g/mol. The van der Waals surface area contributed by atoms with Crippen molar-refractivity contribution in [3.05, 3.63) is 71.0 Å². The van der Waals surface area contributed by atoms with Crippen LogP contribution in [0.3, 0.4) is 0 Å². The number of ether oxygens (including phenoxy) is 1. The molecule has 7 nitrogen and oxygen atoms in total. The summed E-state index contributed by atoms with van der Waals surface area (Å²) >= 11 is 0. The van der Waals surface area contributed by atoms with E-state index >= 15 is 0 Å². The minimum atomic E-state index is -1.15. The van der Waals surface area contributed by atoms with Crippen LogP contribution in [0, 0.1) is 5.41 Å². The fraction of sp³-hybridized carbons (Fsp3) is 0.500. The van der Waals surface area contributed by atoms with Gasteiger partial charge in [0.25, 0.3) is 5.89 Å². The van der Waals surface area contributed by atoms with Crippen LogP contribution in [0.25, 0.3) is 11.5 Å². The molecule has 0 saturated carbocycles. The van der Waals surface area contributed by atoms with Gasteiger partial charge in [0.05, 0.1) is 19.8 Å². The largest absolute Gasteiger partial charge is 0.380 e. The monoisotopic (exact) mass is 476 g/mol. The van der Waals surface area contributed by atoms with Gasteiger partial charge in [0.2, 0.25) is 0 Å². The topological polar surface area (TPSA) is 74.9 Å². The van der Waals surface area contributed by atoms with Gasteiger partial charge in [-0.1, -0.05) is 62.3 Å². The van der Waals surface area contributed by atoms with Crippen molar-refractivity contribution in [2.24, 2.45) is 5.41 Å².